The van der Waals surface area contributed by atoms with Crippen LogP contribution in [0, 0.1) is 11.6 Å². The minimum atomic E-state index is -4.91. The Morgan fingerprint density at radius 2 is 1.75 bits per heavy atom. The highest BCUT2D eigenvalue weighted by molar-refractivity contribution is 6.30. The van der Waals surface area contributed by atoms with Crippen molar-refractivity contribution in [1.29, 1.82) is 0 Å². The van der Waals surface area contributed by atoms with Gasteiger partial charge < -0.3 is 4.74 Å². The van der Waals surface area contributed by atoms with Crippen molar-refractivity contribution in [3.8, 4) is 11.4 Å². The molecule has 0 saturated carbocycles. The summed E-state index contributed by atoms with van der Waals surface area (Å²) in [6.45, 7) is 0. The van der Waals surface area contributed by atoms with E-state index in [0.29, 0.717) is 22.0 Å². The first-order chi connectivity index (χ1) is 13.1. The highest BCUT2D eigenvalue weighted by Crippen LogP contribution is 2.37. The fraction of sp³-hybridized carbons (Fsp3) is 0.0588. The third-order valence-corrected chi connectivity index (χ3v) is 3.70. The van der Waals surface area contributed by atoms with E-state index in [0.717, 1.165) is 12.1 Å². The van der Waals surface area contributed by atoms with Gasteiger partial charge in [0, 0.05) is 16.8 Å². The Morgan fingerprint density at radius 1 is 1.07 bits per heavy atom. The van der Waals surface area contributed by atoms with Crippen molar-refractivity contribution in [3.63, 3.8) is 0 Å². The molecule has 0 radical (unpaired) electrons. The summed E-state index contributed by atoms with van der Waals surface area (Å²) in [5, 5.41) is 5.92. The van der Waals surface area contributed by atoms with Gasteiger partial charge >= 0.3 is 12.3 Å². The third kappa shape index (κ3) is 4.22. The molecule has 0 aliphatic heterocycles. The van der Waals surface area contributed by atoms with E-state index in [9.17, 15) is 26.7 Å². The van der Waals surface area contributed by atoms with Gasteiger partial charge in [-0.05, 0) is 36.4 Å². The minimum absolute atomic E-state index is 0.0348. The molecule has 0 aliphatic rings. The van der Waals surface area contributed by atoms with E-state index in [4.69, 9.17) is 11.6 Å². The van der Waals surface area contributed by atoms with Crippen LogP contribution in [0.5, 0.6) is 5.75 Å². The predicted molar refractivity (Wildman–Crippen MR) is 89.6 cm³/mol. The van der Waals surface area contributed by atoms with Crippen LogP contribution in [0.3, 0.4) is 0 Å². The number of hydrogen-bond donors (Lipinski definition) is 1. The Labute approximate surface area is 159 Å². The van der Waals surface area contributed by atoms with Crippen molar-refractivity contribution in [3.05, 3.63) is 71.0 Å². The van der Waals surface area contributed by atoms with Gasteiger partial charge in [0.05, 0.1) is 11.9 Å². The summed E-state index contributed by atoms with van der Waals surface area (Å²) in [5.41, 5.74) is -1.51. The molecule has 0 unspecified atom stereocenters. The van der Waals surface area contributed by atoms with Gasteiger partial charge in [-0.1, -0.05) is 11.6 Å². The molecule has 0 spiro atoms. The Hall–Kier alpha value is -3.14. The molecule has 1 amide bonds. The van der Waals surface area contributed by atoms with Crippen LogP contribution in [0.1, 0.15) is 5.69 Å². The van der Waals surface area contributed by atoms with Gasteiger partial charge in [0.25, 0.3) is 0 Å². The van der Waals surface area contributed by atoms with Crippen LogP contribution in [0.2, 0.25) is 5.02 Å². The summed E-state index contributed by atoms with van der Waals surface area (Å²) in [4.78, 5) is 11.9. The third-order valence-electron chi connectivity index (χ3n) is 3.44. The molecule has 1 heterocycles. The SMILES string of the molecule is O=C(Nc1ccc(F)c(F)c1)Oc1cnn(-c2ccc(Cl)cc2)c1C(F)(F)F. The van der Waals surface area contributed by atoms with Gasteiger partial charge in [0.1, 0.15) is 0 Å². The van der Waals surface area contributed by atoms with Crippen molar-refractivity contribution in [1.82, 2.24) is 9.78 Å². The largest absolute Gasteiger partial charge is 0.437 e. The van der Waals surface area contributed by atoms with Crippen LogP contribution in [0.25, 0.3) is 5.69 Å². The smallest absolute Gasteiger partial charge is 0.406 e. The average molecular weight is 418 g/mol. The number of amides is 1. The van der Waals surface area contributed by atoms with E-state index in [1.54, 1.807) is 0 Å². The fourth-order valence-electron chi connectivity index (χ4n) is 2.26. The molecule has 0 aliphatic carbocycles. The molecule has 146 valence electrons. The fourth-order valence-corrected chi connectivity index (χ4v) is 2.39. The number of carbonyl (C=O) groups is 1. The number of alkyl halides is 3. The molecule has 11 heteroatoms. The van der Waals surface area contributed by atoms with E-state index in [-0.39, 0.29) is 11.4 Å². The zero-order chi connectivity index (χ0) is 20.5. The van der Waals surface area contributed by atoms with Crippen LogP contribution in [0.4, 0.5) is 32.4 Å². The molecule has 2 aromatic carbocycles. The molecule has 0 bridgehead atoms. The summed E-state index contributed by atoms with van der Waals surface area (Å²) < 4.78 is 71.7. The number of benzene rings is 2. The molecule has 3 aromatic rings. The van der Waals surface area contributed by atoms with E-state index in [1.165, 1.54) is 24.3 Å². The van der Waals surface area contributed by atoms with E-state index < -0.39 is 35.3 Å². The molecule has 3 rings (SSSR count). The summed E-state index contributed by atoms with van der Waals surface area (Å²) in [6, 6.07) is 7.75. The molecule has 0 saturated heterocycles. The zero-order valence-electron chi connectivity index (χ0n) is 13.6. The van der Waals surface area contributed by atoms with Gasteiger partial charge in [-0.2, -0.15) is 18.3 Å². The lowest BCUT2D eigenvalue weighted by molar-refractivity contribution is -0.143. The number of anilines is 1. The normalized spacial score (nSPS) is 11.4. The van der Waals surface area contributed by atoms with Crippen LogP contribution in [-0.4, -0.2) is 15.9 Å². The summed E-state index contributed by atoms with van der Waals surface area (Å²) in [5.74, 6) is -3.27. The van der Waals surface area contributed by atoms with Crippen LogP contribution >= 0.6 is 11.6 Å². The molecule has 0 fully saturated rings. The minimum Gasteiger partial charge on any atom is -0.406 e. The number of hydrogen-bond acceptors (Lipinski definition) is 3. The van der Waals surface area contributed by atoms with E-state index in [2.05, 4.69) is 9.84 Å². The first-order valence-electron chi connectivity index (χ1n) is 7.50. The molecular formula is C17H9ClF5N3O2. The lowest BCUT2D eigenvalue weighted by Crippen LogP contribution is -2.20. The number of rotatable bonds is 3. The lowest BCUT2D eigenvalue weighted by atomic mass is 10.3. The van der Waals surface area contributed by atoms with E-state index in [1.807, 2.05) is 5.32 Å². The second kappa shape index (κ2) is 7.47. The highest BCUT2D eigenvalue weighted by atomic mass is 35.5. The standard InChI is InChI=1S/C17H9ClF5N3O2/c18-9-1-4-11(5-2-9)26-15(17(21,22)23)14(8-24-26)28-16(27)25-10-3-6-12(19)13(20)7-10/h1-8H,(H,25,27). The number of nitrogens with one attached hydrogen (secondary N) is 1. The zero-order valence-corrected chi connectivity index (χ0v) is 14.4. The van der Waals surface area contributed by atoms with Gasteiger partial charge in [0.15, 0.2) is 23.1 Å². The maximum absolute atomic E-state index is 13.5. The Bertz CT molecular complexity index is 1020. The van der Waals surface area contributed by atoms with Crippen LogP contribution < -0.4 is 10.1 Å². The van der Waals surface area contributed by atoms with Crippen molar-refractivity contribution in [2.75, 3.05) is 5.32 Å². The van der Waals surface area contributed by atoms with E-state index >= 15 is 0 Å². The monoisotopic (exact) mass is 417 g/mol. The quantitative estimate of drug-likeness (QED) is 0.578. The second-order valence-corrected chi connectivity index (χ2v) is 5.82. The number of carbonyl (C=O) groups excluding carboxylic acids is 1. The number of aromatic nitrogens is 2. The van der Waals surface area contributed by atoms with Gasteiger partial charge in [-0.3, -0.25) is 5.32 Å². The Kier molecular flexibility index (Phi) is 5.23. The first-order valence-corrected chi connectivity index (χ1v) is 7.88. The summed E-state index contributed by atoms with van der Waals surface area (Å²) in [7, 11) is 0. The maximum atomic E-state index is 13.5. The van der Waals surface area contributed by atoms with Gasteiger partial charge in [-0.25, -0.2) is 18.3 Å². The summed E-state index contributed by atoms with van der Waals surface area (Å²) >= 11 is 5.72. The molecular weight excluding hydrogens is 409 g/mol. The Balaban J connectivity index is 1.88. The second-order valence-electron chi connectivity index (χ2n) is 5.39. The Morgan fingerprint density at radius 3 is 2.36 bits per heavy atom. The maximum Gasteiger partial charge on any atom is 0.437 e. The van der Waals surface area contributed by atoms with Crippen molar-refractivity contribution >= 4 is 23.4 Å². The number of halogens is 6. The first kappa shape index (κ1) is 19.6. The average Bonchev–Trinajstić information content (AvgIpc) is 3.02. The van der Waals surface area contributed by atoms with Crippen molar-refractivity contribution in [2.24, 2.45) is 0 Å². The molecule has 5 nitrogen and oxygen atoms in total. The van der Waals surface area contributed by atoms with Crippen LogP contribution in [0.15, 0.2) is 48.7 Å². The number of nitrogens with zero attached hydrogens (tertiary/aromatic N) is 2. The van der Waals surface area contributed by atoms with Crippen molar-refractivity contribution in [2.45, 2.75) is 6.18 Å². The predicted octanol–water partition coefficient (Wildman–Crippen LogP) is 5.43. The molecule has 1 N–H and O–H groups in total. The topological polar surface area (TPSA) is 56.1 Å². The molecule has 1 aromatic heterocycles. The highest BCUT2D eigenvalue weighted by Gasteiger charge is 2.40. The van der Waals surface area contributed by atoms with Gasteiger partial charge in [0.2, 0.25) is 0 Å². The van der Waals surface area contributed by atoms with Crippen molar-refractivity contribution < 1.29 is 31.5 Å². The van der Waals surface area contributed by atoms with Crippen LogP contribution in [-0.2, 0) is 6.18 Å². The summed E-state index contributed by atoms with van der Waals surface area (Å²) in [6.07, 6.45) is -5.54. The molecule has 0 atom stereocenters. The molecule has 28 heavy (non-hydrogen) atoms. The number of ether oxygens (including phenoxy) is 1. The lowest BCUT2D eigenvalue weighted by Gasteiger charge is -2.13. The van der Waals surface area contributed by atoms with Gasteiger partial charge in [-0.15, -0.1) is 0 Å².